The van der Waals surface area contributed by atoms with Crippen LogP contribution in [-0.4, -0.2) is 49.1 Å². The van der Waals surface area contributed by atoms with Crippen molar-refractivity contribution >= 4 is 22.2 Å². The summed E-state index contributed by atoms with van der Waals surface area (Å²) in [5, 5.41) is 11.8. The summed E-state index contributed by atoms with van der Waals surface area (Å²) in [6.45, 7) is 5.03. The van der Waals surface area contributed by atoms with Crippen molar-refractivity contribution in [3.63, 3.8) is 0 Å². The molecule has 9 heteroatoms. The highest BCUT2D eigenvalue weighted by Crippen LogP contribution is 2.31. The van der Waals surface area contributed by atoms with Gasteiger partial charge in [0.15, 0.2) is 0 Å². The summed E-state index contributed by atoms with van der Waals surface area (Å²) in [4.78, 5) is 23.4. The van der Waals surface area contributed by atoms with Crippen molar-refractivity contribution < 1.29 is 32.0 Å². The van der Waals surface area contributed by atoms with Gasteiger partial charge in [-0.15, -0.1) is 0 Å². The molecule has 1 aliphatic carbocycles. The number of carbonyl (C=O) groups is 2. The van der Waals surface area contributed by atoms with Crippen molar-refractivity contribution in [1.82, 2.24) is 5.32 Å². The molecule has 0 bridgehead atoms. The molecule has 0 atom stereocenters. The second kappa shape index (κ2) is 6.41. The van der Waals surface area contributed by atoms with E-state index in [0.717, 1.165) is 6.26 Å². The second-order valence-electron chi connectivity index (χ2n) is 6.51. The first-order chi connectivity index (χ1) is 9.83. The second-order valence-corrected chi connectivity index (χ2v) is 8.11. The lowest BCUT2D eigenvalue weighted by atomic mass is 9.80. The molecule has 0 spiro atoms. The molecule has 0 aromatic carbocycles. The van der Waals surface area contributed by atoms with E-state index in [-0.39, 0.29) is 25.7 Å². The highest BCUT2D eigenvalue weighted by atomic mass is 32.2. The number of hydrogen-bond acceptors (Lipinski definition) is 6. The molecule has 1 saturated carbocycles. The summed E-state index contributed by atoms with van der Waals surface area (Å²) in [5.41, 5.74) is -2.19. The molecule has 1 rings (SSSR count). The first-order valence-corrected chi connectivity index (χ1v) is 8.77. The van der Waals surface area contributed by atoms with E-state index < -0.39 is 39.4 Å². The number of hydrogen-bond donors (Lipinski definition) is 2. The normalized spacial score (nSPS) is 26.3. The molecule has 0 heterocycles. The van der Waals surface area contributed by atoms with Gasteiger partial charge in [0.05, 0.1) is 12.4 Å². The Morgan fingerprint density at radius 1 is 1.23 bits per heavy atom. The molecule has 0 aliphatic heterocycles. The lowest BCUT2D eigenvalue weighted by Crippen LogP contribution is -2.57. The predicted octanol–water partition coefficient (Wildman–Crippen LogP) is 1.25. The molecule has 0 radical (unpaired) electrons. The molecule has 1 fully saturated rings. The number of carbonyl (C=O) groups excluding carboxylic acids is 1. The fourth-order valence-electron chi connectivity index (χ4n) is 2.32. The number of carboxylic acid groups (broad SMARTS) is 1. The molecule has 0 aromatic rings. The Kier molecular flexibility index (Phi) is 5.45. The Labute approximate surface area is 130 Å². The largest absolute Gasteiger partial charge is 0.480 e. The Hall–Kier alpha value is -1.35. The van der Waals surface area contributed by atoms with Gasteiger partial charge in [0, 0.05) is 0 Å². The Bertz CT molecular complexity index is 527. The number of carboxylic acids is 1. The van der Waals surface area contributed by atoms with Crippen LogP contribution in [0.1, 0.15) is 46.5 Å². The van der Waals surface area contributed by atoms with E-state index >= 15 is 0 Å². The number of aliphatic carboxylic acids is 1. The summed E-state index contributed by atoms with van der Waals surface area (Å²) < 4.78 is 32.2. The van der Waals surface area contributed by atoms with Crippen molar-refractivity contribution in [2.75, 3.05) is 6.26 Å². The number of amides is 1. The standard InChI is InChI=1S/C13H23NO7S/c1-12(2,3)20-11(17)14-13(10(15)16)7-5-9(6-8-13)21-22(4,18)19/h9H,5-8H2,1-4H3,(H,14,17)(H,15,16). The van der Waals surface area contributed by atoms with Gasteiger partial charge in [-0.2, -0.15) is 8.42 Å². The quantitative estimate of drug-likeness (QED) is 0.741. The average Bonchev–Trinajstić information content (AvgIpc) is 2.27. The maximum absolute atomic E-state index is 11.8. The maximum atomic E-state index is 11.8. The molecular formula is C13H23NO7S. The number of rotatable bonds is 4. The van der Waals surface area contributed by atoms with Gasteiger partial charge in [0.1, 0.15) is 11.1 Å². The Morgan fingerprint density at radius 3 is 2.09 bits per heavy atom. The van der Waals surface area contributed by atoms with Crippen molar-refractivity contribution in [1.29, 1.82) is 0 Å². The molecule has 1 amide bonds. The minimum absolute atomic E-state index is 0.0712. The lowest BCUT2D eigenvalue weighted by molar-refractivity contribution is -0.147. The van der Waals surface area contributed by atoms with E-state index in [4.69, 9.17) is 8.92 Å². The predicted molar refractivity (Wildman–Crippen MR) is 77.9 cm³/mol. The van der Waals surface area contributed by atoms with Gasteiger partial charge in [-0.25, -0.2) is 9.59 Å². The zero-order valence-corrected chi connectivity index (χ0v) is 14.0. The van der Waals surface area contributed by atoms with Gasteiger partial charge in [-0.3, -0.25) is 4.18 Å². The van der Waals surface area contributed by atoms with E-state index in [9.17, 15) is 23.1 Å². The number of nitrogens with one attached hydrogen (secondary N) is 1. The third-order valence-electron chi connectivity index (χ3n) is 3.25. The Balaban J connectivity index is 2.72. The highest BCUT2D eigenvalue weighted by Gasteiger charge is 2.45. The van der Waals surface area contributed by atoms with Crippen molar-refractivity contribution in [3.05, 3.63) is 0 Å². The lowest BCUT2D eigenvalue weighted by Gasteiger charge is -2.37. The summed E-state index contributed by atoms with van der Waals surface area (Å²) >= 11 is 0. The number of alkyl carbamates (subject to hydrolysis) is 1. The van der Waals surface area contributed by atoms with Gasteiger partial charge < -0.3 is 15.2 Å². The van der Waals surface area contributed by atoms with E-state index in [0.29, 0.717) is 0 Å². The van der Waals surface area contributed by atoms with Crippen LogP contribution < -0.4 is 5.32 Å². The third kappa shape index (κ3) is 5.80. The zero-order valence-electron chi connectivity index (χ0n) is 13.2. The van der Waals surface area contributed by atoms with Gasteiger partial charge in [0.2, 0.25) is 0 Å². The van der Waals surface area contributed by atoms with E-state index in [1.165, 1.54) is 0 Å². The first kappa shape index (κ1) is 18.7. The summed E-state index contributed by atoms with van der Waals surface area (Å²) in [6.07, 6.45) is 0.152. The maximum Gasteiger partial charge on any atom is 0.408 e. The van der Waals surface area contributed by atoms with Gasteiger partial charge in [-0.05, 0) is 46.5 Å². The monoisotopic (exact) mass is 337 g/mol. The van der Waals surface area contributed by atoms with Crippen molar-refractivity contribution in [3.8, 4) is 0 Å². The SMILES string of the molecule is CC(C)(C)OC(=O)NC1(C(=O)O)CCC(OS(C)(=O)=O)CC1. The summed E-state index contributed by atoms with van der Waals surface area (Å²) in [7, 11) is -3.59. The zero-order chi connectivity index (χ0) is 17.2. The van der Waals surface area contributed by atoms with Crippen molar-refractivity contribution in [2.24, 2.45) is 0 Å². The molecular weight excluding hydrogens is 314 g/mol. The summed E-state index contributed by atoms with van der Waals surface area (Å²) in [6, 6.07) is 0. The molecule has 1 aliphatic rings. The summed E-state index contributed by atoms with van der Waals surface area (Å²) in [5.74, 6) is -1.17. The first-order valence-electron chi connectivity index (χ1n) is 6.96. The van der Waals surface area contributed by atoms with E-state index in [1.54, 1.807) is 20.8 Å². The van der Waals surface area contributed by atoms with E-state index in [1.807, 2.05) is 0 Å². The smallest absolute Gasteiger partial charge is 0.408 e. The van der Waals surface area contributed by atoms with Crippen molar-refractivity contribution in [2.45, 2.75) is 63.7 Å². The third-order valence-corrected chi connectivity index (χ3v) is 3.87. The molecule has 2 N–H and O–H groups in total. The molecule has 22 heavy (non-hydrogen) atoms. The molecule has 0 aromatic heterocycles. The van der Waals surface area contributed by atoms with E-state index in [2.05, 4.69) is 5.32 Å². The van der Waals surface area contributed by atoms with Crippen LogP contribution in [0.3, 0.4) is 0 Å². The van der Waals surface area contributed by atoms with Crippen LogP contribution in [0, 0.1) is 0 Å². The van der Waals surface area contributed by atoms with Gasteiger partial charge >= 0.3 is 12.1 Å². The highest BCUT2D eigenvalue weighted by molar-refractivity contribution is 7.86. The van der Waals surface area contributed by atoms with Crippen LogP contribution in [0.5, 0.6) is 0 Å². The fraction of sp³-hybridized carbons (Fsp3) is 0.846. The van der Waals surface area contributed by atoms with Crippen LogP contribution in [0.4, 0.5) is 4.79 Å². The molecule has 8 nitrogen and oxygen atoms in total. The average molecular weight is 337 g/mol. The molecule has 0 unspecified atom stereocenters. The number of ether oxygens (including phenoxy) is 1. The molecule has 0 saturated heterocycles. The van der Waals surface area contributed by atoms with Crippen LogP contribution >= 0.6 is 0 Å². The van der Waals surface area contributed by atoms with Crippen LogP contribution in [-0.2, 0) is 23.8 Å². The van der Waals surface area contributed by atoms with Gasteiger partial charge in [-0.1, -0.05) is 0 Å². The molecule has 128 valence electrons. The fourth-order valence-corrected chi connectivity index (χ4v) is 3.01. The minimum Gasteiger partial charge on any atom is -0.480 e. The van der Waals surface area contributed by atoms with Crippen LogP contribution in [0.15, 0.2) is 0 Å². The van der Waals surface area contributed by atoms with Crippen LogP contribution in [0.25, 0.3) is 0 Å². The topological polar surface area (TPSA) is 119 Å². The Morgan fingerprint density at radius 2 is 1.73 bits per heavy atom. The minimum atomic E-state index is -3.59. The van der Waals surface area contributed by atoms with Crippen LogP contribution in [0.2, 0.25) is 0 Å². The van der Waals surface area contributed by atoms with Gasteiger partial charge in [0.25, 0.3) is 10.1 Å².